The average Bonchev–Trinajstić information content (AvgIpc) is 2.87. The van der Waals surface area contributed by atoms with Gasteiger partial charge in [0.1, 0.15) is 5.75 Å². The second-order valence-electron chi connectivity index (χ2n) is 4.49. The smallest absolute Gasteiger partial charge is 0.356 e. The highest BCUT2D eigenvalue weighted by Gasteiger charge is 2.25. The zero-order chi connectivity index (χ0) is 14.1. The number of fused-ring (bicyclic) bond motifs is 1. The summed E-state index contributed by atoms with van der Waals surface area (Å²) in [6, 6.07) is 7.35. The van der Waals surface area contributed by atoms with Crippen molar-refractivity contribution in [3.8, 4) is 11.4 Å². The van der Waals surface area contributed by atoms with Crippen LogP contribution < -0.4 is 4.74 Å². The van der Waals surface area contributed by atoms with Crippen LogP contribution in [0.1, 0.15) is 21.7 Å². The fraction of sp³-hybridized carbons (Fsp3) is 0.286. The summed E-state index contributed by atoms with van der Waals surface area (Å²) in [5, 5.41) is 13.4. The Hall–Kier alpha value is -2.34. The molecule has 2 aromatic rings. The molecular formula is C14H14N2O4. The molecule has 0 amide bonds. The minimum Gasteiger partial charge on any atom is -0.497 e. The van der Waals surface area contributed by atoms with E-state index in [2.05, 4.69) is 5.10 Å². The SMILES string of the molecule is COc1ccc(-n2nc(C(=O)O)c3c2CCOC3)cc1. The lowest BCUT2D eigenvalue weighted by Crippen LogP contribution is -2.13. The van der Waals surface area contributed by atoms with E-state index in [1.807, 2.05) is 24.3 Å². The number of carbonyl (C=O) groups is 1. The lowest BCUT2D eigenvalue weighted by atomic mass is 10.1. The molecule has 0 saturated carbocycles. The summed E-state index contributed by atoms with van der Waals surface area (Å²) >= 11 is 0. The molecule has 20 heavy (non-hydrogen) atoms. The number of hydrogen-bond acceptors (Lipinski definition) is 4. The molecule has 0 saturated heterocycles. The standard InChI is InChI=1S/C14H14N2O4/c1-19-10-4-2-9(3-5-10)16-12-6-7-20-8-11(12)13(15-16)14(17)18/h2-5H,6-8H2,1H3,(H,17,18). The van der Waals surface area contributed by atoms with Crippen LogP contribution in [0.15, 0.2) is 24.3 Å². The number of ether oxygens (including phenoxy) is 2. The van der Waals surface area contributed by atoms with Gasteiger partial charge >= 0.3 is 5.97 Å². The number of aromatic nitrogens is 2. The van der Waals surface area contributed by atoms with E-state index >= 15 is 0 Å². The Morgan fingerprint density at radius 3 is 2.80 bits per heavy atom. The van der Waals surface area contributed by atoms with Crippen molar-refractivity contribution in [2.75, 3.05) is 13.7 Å². The summed E-state index contributed by atoms with van der Waals surface area (Å²) in [5.41, 5.74) is 2.45. The van der Waals surface area contributed by atoms with E-state index in [1.165, 1.54) is 0 Å². The molecular weight excluding hydrogens is 260 g/mol. The van der Waals surface area contributed by atoms with Gasteiger partial charge in [-0.15, -0.1) is 0 Å². The first-order chi connectivity index (χ1) is 9.70. The van der Waals surface area contributed by atoms with Crippen molar-refractivity contribution in [2.45, 2.75) is 13.0 Å². The van der Waals surface area contributed by atoms with Crippen molar-refractivity contribution in [3.63, 3.8) is 0 Å². The summed E-state index contributed by atoms with van der Waals surface area (Å²) < 4.78 is 12.1. The molecule has 0 radical (unpaired) electrons. The van der Waals surface area contributed by atoms with E-state index in [4.69, 9.17) is 9.47 Å². The van der Waals surface area contributed by atoms with Gasteiger partial charge in [-0.25, -0.2) is 9.48 Å². The van der Waals surface area contributed by atoms with Crippen LogP contribution in [0, 0.1) is 0 Å². The molecule has 104 valence electrons. The van der Waals surface area contributed by atoms with E-state index < -0.39 is 5.97 Å². The van der Waals surface area contributed by atoms with Crippen molar-refractivity contribution >= 4 is 5.97 Å². The molecule has 0 unspecified atom stereocenters. The van der Waals surface area contributed by atoms with Gasteiger partial charge in [0.05, 0.1) is 31.7 Å². The summed E-state index contributed by atoms with van der Waals surface area (Å²) in [6.45, 7) is 0.876. The zero-order valence-electron chi connectivity index (χ0n) is 11.0. The third-order valence-electron chi connectivity index (χ3n) is 3.34. The lowest BCUT2D eigenvalue weighted by Gasteiger charge is -2.14. The maximum absolute atomic E-state index is 11.3. The van der Waals surface area contributed by atoms with Gasteiger partial charge < -0.3 is 14.6 Å². The quantitative estimate of drug-likeness (QED) is 0.921. The molecule has 1 N–H and O–H groups in total. The number of benzene rings is 1. The van der Waals surface area contributed by atoms with Crippen molar-refractivity contribution < 1.29 is 19.4 Å². The van der Waals surface area contributed by atoms with Crippen molar-refractivity contribution in [3.05, 3.63) is 41.2 Å². The van der Waals surface area contributed by atoms with Gasteiger partial charge in [-0.3, -0.25) is 0 Å². The maximum atomic E-state index is 11.3. The third-order valence-corrected chi connectivity index (χ3v) is 3.34. The number of rotatable bonds is 3. The topological polar surface area (TPSA) is 73.6 Å². The molecule has 6 heteroatoms. The molecule has 1 aliphatic rings. The highest BCUT2D eigenvalue weighted by atomic mass is 16.5. The molecule has 6 nitrogen and oxygen atoms in total. The number of aromatic carboxylic acids is 1. The number of methoxy groups -OCH3 is 1. The van der Waals surface area contributed by atoms with Gasteiger partial charge in [0.2, 0.25) is 0 Å². The lowest BCUT2D eigenvalue weighted by molar-refractivity contribution is 0.0677. The predicted octanol–water partition coefficient (Wildman–Crippen LogP) is 1.65. The molecule has 0 spiro atoms. The Bertz CT molecular complexity index is 646. The van der Waals surface area contributed by atoms with E-state index in [1.54, 1.807) is 11.8 Å². The largest absolute Gasteiger partial charge is 0.497 e. The third kappa shape index (κ3) is 2.04. The summed E-state index contributed by atoms with van der Waals surface area (Å²) in [5.74, 6) is -0.282. The number of carboxylic acids is 1. The fourth-order valence-corrected chi connectivity index (χ4v) is 2.35. The number of nitrogens with zero attached hydrogens (tertiary/aromatic N) is 2. The van der Waals surface area contributed by atoms with Crippen LogP contribution in [0.25, 0.3) is 5.69 Å². The van der Waals surface area contributed by atoms with Gasteiger partial charge in [-0.05, 0) is 24.3 Å². The Kier molecular flexibility index (Phi) is 3.15. The van der Waals surface area contributed by atoms with Crippen LogP contribution >= 0.6 is 0 Å². The van der Waals surface area contributed by atoms with E-state index in [-0.39, 0.29) is 5.69 Å². The van der Waals surface area contributed by atoms with Crippen LogP contribution in [0.3, 0.4) is 0 Å². The highest BCUT2D eigenvalue weighted by molar-refractivity contribution is 5.87. The monoisotopic (exact) mass is 274 g/mol. The van der Waals surface area contributed by atoms with Gasteiger partial charge in [-0.1, -0.05) is 0 Å². The normalized spacial score (nSPS) is 13.8. The molecule has 3 rings (SSSR count). The van der Waals surface area contributed by atoms with Gasteiger partial charge in [-0.2, -0.15) is 5.10 Å². The summed E-state index contributed by atoms with van der Waals surface area (Å²) in [7, 11) is 1.60. The van der Waals surface area contributed by atoms with Gasteiger partial charge in [0, 0.05) is 12.0 Å². The summed E-state index contributed by atoms with van der Waals surface area (Å²) in [6.07, 6.45) is 0.654. The minimum atomic E-state index is -1.03. The molecule has 1 aromatic carbocycles. The van der Waals surface area contributed by atoms with Crippen LogP contribution in [-0.2, 0) is 17.8 Å². The molecule has 0 atom stereocenters. The number of carboxylic acid groups (broad SMARTS) is 1. The second kappa shape index (κ2) is 4.97. The molecule has 1 aromatic heterocycles. The van der Waals surface area contributed by atoms with Gasteiger partial charge in [0.25, 0.3) is 0 Å². The van der Waals surface area contributed by atoms with Crippen LogP contribution in [0.5, 0.6) is 5.75 Å². The zero-order valence-corrected chi connectivity index (χ0v) is 11.0. The van der Waals surface area contributed by atoms with E-state index in [0.717, 1.165) is 17.1 Å². The Balaban J connectivity index is 2.10. The van der Waals surface area contributed by atoms with Crippen molar-refractivity contribution in [2.24, 2.45) is 0 Å². The molecule has 0 bridgehead atoms. The average molecular weight is 274 g/mol. The first-order valence-corrected chi connectivity index (χ1v) is 6.27. The molecule has 1 aliphatic heterocycles. The Morgan fingerprint density at radius 1 is 1.40 bits per heavy atom. The molecule has 0 fully saturated rings. The summed E-state index contributed by atoms with van der Waals surface area (Å²) in [4.78, 5) is 11.3. The van der Waals surface area contributed by atoms with Crippen molar-refractivity contribution in [1.29, 1.82) is 0 Å². The maximum Gasteiger partial charge on any atom is 0.356 e. The van der Waals surface area contributed by atoms with Crippen LogP contribution in [0.2, 0.25) is 0 Å². The second-order valence-corrected chi connectivity index (χ2v) is 4.49. The molecule has 0 aliphatic carbocycles. The first-order valence-electron chi connectivity index (χ1n) is 6.27. The van der Waals surface area contributed by atoms with E-state index in [0.29, 0.717) is 25.2 Å². The van der Waals surface area contributed by atoms with Gasteiger partial charge in [0.15, 0.2) is 5.69 Å². The Labute approximate surface area is 115 Å². The predicted molar refractivity (Wildman–Crippen MR) is 70.4 cm³/mol. The minimum absolute atomic E-state index is 0.0653. The first kappa shape index (κ1) is 12.7. The highest BCUT2D eigenvalue weighted by Crippen LogP contribution is 2.25. The van der Waals surface area contributed by atoms with E-state index in [9.17, 15) is 9.90 Å². The molecule has 2 heterocycles. The Morgan fingerprint density at radius 2 is 2.15 bits per heavy atom. The van der Waals surface area contributed by atoms with Crippen molar-refractivity contribution in [1.82, 2.24) is 9.78 Å². The fourth-order valence-electron chi connectivity index (χ4n) is 2.35. The number of hydrogen-bond donors (Lipinski definition) is 1. The van der Waals surface area contributed by atoms with Crippen LogP contribution in [0.4, 0.5) is 0 Å². The van der Waals surface area contributed by atoms with Crippen LogP contribution in [-0.4, -0.2) is 34.6 Å².